The van der Waals surface area contributed by atoms with Gasteiger partial charge in [-0.3, -0.25) is 4.18 Å². The van der Waals surface area contributed by atoms with Gasteiger partial charge < -0.3 is 0 Å². The van der Waals surface area contributed by atoms with Crippen LogP contribution in [0, 0.1) is 0 Å². The van der Waals surface area contributed by atoms with Crippen molar-refractivity contribution in [2.45, 2.75) is 87.7 Å². The molecule has 0 aliphatic carbocycles. The van der Waals surface area contributed by atoms with Crippen molar-refractivity contribution in [3.63, 3.8) is 0 Å². The Morgan fingerprint density at radius 3 is 1.48 bits per heavy atom. The smallest absolute Gasteiger partial charge is 0.270 e. The highest BCUT2D eigenvalue weighted by molar-refractivity contribution is 7.86. The maximum Gasteiger partial charge on any atom is 0.460 e. The molecule has 0 fully saturated rings. The first-order valence-electron chi connectivity index (χ1n) is 9.34. The fraction of sp³-hybridized carbons (Fsp3) is 1.00. The van der Waals surface area contributed by atoms with E-state index in [-0.39, 0.29) is 6.42 Å². The van der Waals surface area contributed by atoms with Gasteiger partial charge in [-0.1, -0.05) is 39.0 Å². The second-order valence-electron chi connectivity index (χ2n) is 7.10. The SMILES string of the molecule is CCCCCCCCS(=O)(=O)OCCC(F)(F)C(F)(F)C(F)(F)C(F)(F)C(F)(F)C(F)(F)F. The minimum absolute atomic E-state index is 0.0462. The largest absolute Gasteiger partial charge is 0.460 e. The van der Waals surface area contributed by atoms with Crippen molar-refractivity contribution in [2.75, 3.05) is 12.4 Å². The summed E-state index contributed by atoms with van der Waals surface area (Å²) in [7, 11) is -4.63. The van der Waals surface area contributed by atoms with E-state index in [4.69, 9.17) is 0 Å². The van der Waals surface area contributed by atoms with Crippen molar-refractivity contribution in [1.29, 1.82) is 0 Å². The zero-order chi connectivity index (χ0) is 26.6. The Morgan fingerprint density at radius 1 is 0.606 bits per heavy atom. The van der Waals surface area contributed by atoms with E-state index in [0.29, 0.717) is 12.8 Å². The molecule has 17 heteroatoms. The van der Waals surface area contributed by atoms with Gasteiger partial charge in [0.2, 0.25) is 0 Å². The van der Waals surface area contributed by atoms with E-state index in [9.17, 15) is 65.5 Å². The van der Waals surface area contributed by atoms with Gasteiger partial charge in [0.15, 0.2) is 0 Å². The van der Waals surface area contributed by atoms with Crippen LogP contribution in [-0.2, 0) is 14.3 Å². The van der Waals surface area contributed by atoms with Crippen molar-refractivity contribution in [2.24, 2.45) is 0 Å². The summed E-state index contributed by atoms with van der Waals surface area (Å²) in [5, 5.41) is 0. The Labute approximate surface area is 180 Å². The molecule has 0 spiro atoms. The summed E-state index contributed by atoms with van der Waals surface area (Å²) < 4.78 is 195. The molecule has 0 saturated carbocycles. The molecule has 0 amide bonds. The Hall–Kier alpha value is -1.00. The van der Waals surface area contributed by atoms with E-state index in [0.717, 1.165) is 19.3 Å². The van der Waals surface area contributed by atoms with Crippen molar-refractivity contribution >= 4 is 10.1 Å². The van der Waals surface area contributed by atoms with E-state index in [2.05, 4.69) is 4.18 Å². The Morgan fingerprint density at radius 2 is 1.03 bits per heavy atom. The number of hydrogen-bond donors (Lipinski definition) is 0. The molecule has 0 rings (SSSR count). The molecule has 0 unspecified atom stereocenters. The Kier molecular flexibility index (Phi) is 10.4. The lowest BCUT2D eigenvalue weighted by Gasteiger charge is -2.39. The van der Waals surface area contributed by atoms with Crippen LogP contribution in [0.4, 0.5) is 57.1 Å². The first-order chi connectivity index (χ1) is 14.5. The first-order valence-corrected chi connectivity index (χ1v) is 10.9. The molecule has 0 aliphatic rings. The fourth-order valence-corrected chi connectivity index (χ4v) is 3.39. The van der Waals surface area contributed by atoms with Gasteiger partial charge in [-0.15, -0.1) is 0 Å². The Bertz CT molecular complexity index is 718. The molecule has 33 heavy (non-hydrogen) atoms. The van der Waals surface area contributed by atoms with Crippen LogP contribution in [0.3, 0.4) is 0 Å². The molecular weight excluding hydrogens is 519 g/mol. The van der Waals surface area contributed by atoms with E-state index in [1.165, 1.54) is 0 Å². The summed E-state index contributed by atoms with van der Waals surface area (Å²) in [5.74, 6) is -38.3. The highest BCUT2D eigenvalue weighted by Gasteiger charge is 2.90. The minimum atomic E-state index is -7.99. The van der Waals surface area contributed by atoms with Crippen LogP contribution >= 0.6 is 0 Å². The maximum absolute atomic E-state index is 13.5. The summed E-state index contributed by atoms with van der Waals surface area (Å²) >= 11 is 0. The molecule has 0 radical (unpaired) electrons. The molecule has 0 aromatic heterocycles. The van der Waals surface area contributed by atoms with Crippen LogP contribution in [0.2, 0.25) is 0 Å². The number of hydrogen-bond acceptors (Lipinski definition) is 3. The molecule has 0 heterocycles. The zero-order valence-electron chi connectivity index (χ0n) is 16.9. The molecule has 3 nitrogen and oxygen atoms in total. The molecule has 0 aromatic carbocycles. The lowest BCUT2D eigenvalue weighted by molar-refractivity contribution is -0.440. The summed E-state index contributed by atoms with van der Waals surface area (Å²) in [5.41, 5.74) is 0. The molecule has 0 bridgehead atoms. The van der Waals surface area contributed by atoms with E-state index < -0.39 is 64.7 Å². The molecule has 0 aromatic rings. The van der Waals surface area contributed by atoms with Crippen LogP contribution in [0.1, 0.15) is 51.9 Å². The van der Waals surface area contributed by atoms with Crippen molar-refractivity contribution in [3.8, 4) is 0 Å². The number of halogens is 13. The standard InChI is InChI=1S/C16H21F13O3S/c1-2-3-4-5-6-7-10-33(30,31)32-9-8-11(17,18)12(19,20)13(21,22)14(23,24)15(25,26)16(27,28)29/h2-10H2,1H3. The number of alkyl halides is 13. The van der Waals surface area contributed by atoms with E-state index >= 15 is 0 Å². The van der Waals surface area contributed by atoms with Gasteiger partial charge in [-0.05, 0) is 6.42 Å². The average molecular weight is 540 g/mol. The van der Waals surface area contributed by atoms with Crippen LogP contribution in [-0.4, -0.2) is 56.6 Å². The van der Waals surface area contributed by atoms with Gasteiger partial charge in [-0.25, -0.2) is 0 Å². The zero-order valence-corrected chi connectivity index (χ0v) is 17.7. The second kappa shape index (κ2) is 10.7. The Balaban J connectivity index is 5.29. The van der Waals surface area contributed by atoms with Gasteiger partial charge >= 0.3 is 35.8 Å². The van der Waals surface area contributed by atoms with E-state index in [1.807, 2.05) is 6.92 Å². The predicted octanol–water partition coefficient (Wildman–Crippen LogP) is 6.82. The second-order valence-corrected chi connectivity index (χ2v) is 8.86. The molecule has 0 aliphatic heterocycles. The third-order valence-electron chi connectivity index (χ3n) is 4.43. The van der Waals surface area contributed by atoms with E-state index in [1.54, 1.807) is 0 Å². The number of unbranched alkanes of at least 4 members (excludes halogenated alkanes) is 5. The quantitative estimate of drug-likeness (QED) is 0.130. The predicted molar refractivity (Wildman–Crippen MR) is 88.5 cm³/mol. The minimum Gasteiger partial charge on any atom is -0.270 e. The van der Waals surface area contributed by atoms with Crippen LogP contribution in [0.15, 0.2) is 0 Å². The first kappa shape index (κ1) is 32.0. The topological polar surface area (TPSA) is 43.4 Å². The van der Waals surface area contributed by atoms with Gasteiger partial charge in [0.1, 0.15) is 0 Å². The van der Waals surface area contributed by atoms with Crippen molar-refractivity contribution < 1.29 is 69.7 Å². The highest BCUT2D eigenvalue weighted by Crippen LogP contribution is 2.60. The summed E-state index contributed by atoms with van der Waals surface area (Å²) in [6.45, 7) is -0.0610. The third kappa shape index (κ3) is 7.01. The van der Waals surface area contributed by atoms with Crippen LogP contribution in [0.5, 0.6) is 0 Å². The fourth-order valence-electron chi connectivity index (χ4n) is 2.37. The highest BCUT2D eigenvalue weighted by atomic mass is 32.2. The van der Waals surface area contributed by atoms with Gasteiger partial charge in [0, 0.05) is 6.42 Å². The van der Waals surface area contributed by atoms with Gasteiger partial charge in [-0.2, -0.15) is 65.5 Å². The van der Waals surface area contributed by atoms with Gasteiger partial charge in [0.25, 0.3) is 10.1 Å². The lowest BCUT2D eigenvalue weighted by atomic mass is 9.93. The van der Waals surface area contributed by atoms with Gasteiger partial charge in [0.05, 0.1) is 12.4 Å². The molecule has 0 saturated heterocycles. The summed E-state index contributed by atoms with van der Waals surface area (Å²) in [6.07, 6.45) is -6.81. The number of rotatable bonds is 15. The molecule has 0 atom stereocenters. The monoisotopic (exact) mass is 540 g/mol. The molecular formula is C16H21F13O3S. The summed E-state index contributed by atoms with van der Waals surface area (Å²) in [6, 6.07) is 0. The van der Waals surface area contributed by atoms with Crippen LogP contribution < -0.4 is 0 Å². The third-order valence-corrected chi connectivity index (χ3v) is 5.74. The molecule has 0 N–H and O–H groups in total. The van der Waals surface area contributed by atoms with Crippen LogP contribution in [0.25, 0.3) is 0 Å². The maximum atomic E-state index is 13.5. The van der Waals surface area contributed by atoms with Crippen molar-refractivity contribution in [3.05, 3.63) is 0 Å². The van der Waals surface area contributed by atoms with Crippen molar-refractivity contribution in [1.82, 2.24) is 0 Å². The normalized spacial score (nSPS) is 15.2. The molecule has 200 valence electrons. The summed E-state index contributed by atoms with van der Waals surface area (Å²) in [4.78, 5) is 0. The average Bonchev–Trinajstić information content (AvgIpc) is 2.62. The lowest BCUT2D eigenvalue weighted by Crippen LogP contribution is -2.70.